The SMILES string of the molecule is CCN(Cc1nc2cc(OC)c(OC)cc2c(=O)[nH]1)CC1CCNCC1. The van der Waals surface area contributed by atoms with Crippen LogP contribution in [0.1, 0.15) is 25.6 Å². The number of aromatic amines is 1. The number of hydrogen-bond donors (Lipinski definition) is 2. The van der Waals surface area contributed by atoms with Crippen LogP contribution in [0.25, 0.3) is 10.9 Å². The van der Waals surface area contributed by atoms with Gasteiger partial charge in [-0.1, -0.05) is 6.92 Å². The lowest BCUT2D eigenvalue weighted by atomic mass is 9.97. The number of methoxy groups -OCH3 is 2. The molecule has 26 heavy (non-hydrogen) atoms. The third-order valence-electron chi connectivity index (χ3n) is 5.06. The molecule has 2 aromatic rings. The molecule has 0 atom stereocenters. The molecule has 0 aliphatic carbocycles. The van der Waals surface area contributed by atoms with E-state index in [0.29, 0.717) is 40.7 Å². The first-order valence-corrected chi connectivity index (χ1v) is 9.22. The molecule has 0 radical (unpaired) electrons. The van der Waals surface area contributed by atoms with Crippen LogP contribution in [0.5, 0.6) is 11.5 Å². The van der Waals surface area contributed by atoms with Crippen LogP contribution in [0.15, 0.2) is 16.9 Å². The van der Waals surface area contributed by atoms with Crippen LogP contribution in [0, 0.1) is 5.92 Å². The molecule has 1 aliphatic heterocycles. The highest BCUT2D eigenvalue weighted by molar-refractivity contribution is 5.81. The molecule has 1 saturated heterocycles. The molecule has 2 N–H and O–H groups in total. The van der Waals surface area contributed by atoms with E-state index in [2.05, 4.69) is 27.1 Å². The molecule has 1 aliphatic rings. The minimum Gasteiger partial charge on any atom is -0.493 e. The Labute approximate surface area is 153 Å². The minimum atomic E-state index is -0.149. The lowest BCUT2D eigenvalue weighted by molar-refractivity contribution is 0.203. The van der Waals surface area contributed by atoms with Crippen molar-refractivity contribution in [2.75, 3.05) is 40.4 Å². The van der Waals surface area contributed by atoms with Gasteiger partial charge in [0, 0.05) is 12.6 Å². The van der Waals surface area contributed by atoms with Gasteiger partial charge in [0.1, 0.15) is 5.82 Å². The van der Waals surface area contributed by atoms with Gasteiger partial charge in [-0.2, -0.15) is 0 Å². The van der Waals surface area contributed by atoms with Crippen molar-refractivity contribution in [2.24, 2.45) is 5.92 Å². The molecule has 0 amide bonds. The van der Waals surface area contributed by atoms with E-state index in [1.54, 1.807) is 26.4 Å². The van der Waals surface area contributed by atoms with Gasteiger partial charge in [-0.15, -0.1) is 0 Å². The standard InChI is InChI=1S/C19H28N4O3/c1-4-23(11-13-5-7-20-8-6-13)12-18-21-15-10-17(26-3)16(25-2)9-14(15)19(24)22-18/h9-10,13,20H,4-8,11-12H2,1-3H3,(H,21,22,24). The Kier molecular flexibility index (Phi) is 6.11. The predicted molar refractivity (Wildman–Crippen MR) is 102 cm³/mol. The second-order valence-electron chi connectivity index (χ2n) is 6.76. The van der Waals surface area contributed by atoms with E-state index in [4.69, 9.17) is 9.47 Å². The van der Waals surface area contributed by atoms with E-state index in [1.807, 2.05) is 0 Å². The minimum absolute atomic E-state index is 0.149. The van der Waals surface area contributed by atoms with Crippen molar-refractivity contribution in [3.05, 3.63) is 28.3 Å². The first-order chi connectivity index (χ1) is 12.6. The molecule has 142 valence electrons. The molecule has 3 rings (SSSR count). The summed E-state index contributed by atoms with van der Waals surface area (Å²) in [6.45, 7) is 6.93. The van der Waals surface area contributed by atoms with Crippen LogP contribution in [0.3, 0.4) is 0 Å². The number of rotatable bonds is 7. The summed E-state index contributed by atoms with van der Waals surface area (Å²) in [5.41, 5.74) is 0.475. The Morgan fingerprint density at radius 2 is 1.88 bits per heavy atom. The van der Waals surface area contributed by atoms with Gasteiger partial charge in [-0.25, -0.2) is 4.98 Å². The normalized spacial score (nSPS) is 15.5. The van der Waals surface area contributed by atoms with Gasteiger partial charge in [0.25, 0.3) is 5.56 Å². The molecular weight excluding hydrogens is 332 g/mol. The highest BCUT2D eigenvalue weighted by atomic mass is 16.5. The number of hydrogen-bond acceptors (Lipinski definition) is 6. The average Bonchev–Trinajstić information content (AvgIpc) is 2.67. The summed E-state index contributed by atoms with van der Waals surface area (Å²) in [5.74, 6) is 2.49. The third-order valence-corrected chi connectivity index (χ3v) is 5.06. The maximum Gasteiger partial charge on any atom is 0.258 e. The lowest BCUT2D eigenvalue weighted by Gasteiger charge is -2.29. The molecule has 0 bridgehead atoms. The molecule has 0 unspecified atom stereocenters. The van der Waals surface area contributed by atoms with Crippen molar-refractivity contribution >= 4 is 10.9 Å². The Bertz CT molecular complexity index is 799. The molecular formula is C19H28N4O3. The smallest absolute Gasteiger partial charge is 0.258 e. The molecule has 7 nitrogen and oxygen atoms in total. The molecule has 1 aromatic carbocycles. The van der Waals surface area contributed by atoms with Gasteiger partial charge in [-0.3, -0.25) is 9.69 Å². The van der Waals surface area contributed by atoms with Crippen LogP contribution in [-0.2, 0) is 6.54 Å². The van der Waals surface area contributed by atoms with Crippen LogP contribution in [0.2, 0.25) is 0 Å². The largest absolute Gasteiger partial charge is 0.493 e. The highest BCUT2D eigenvalue weighted by Gasteiger charge is 2.18. The van der Waals surface area contributed by atoms with Crippen LogP contribution >= 0.6 is 0 Å². The van der Waals surface area contributed by atoms with E-state index in [1.165, 1.54) is 12.8 Å². The molecule has 7 heteroatoms. The number of ether oxygens (including phenoxy) is 2. The van der Waals surface area contributed by atoms with Crippen molar-refractivity contribution in [1.82, 2.24) is 20.2 Å². The Hall–Kier alpha value is -2.12. The van der Waals surface area contributed by atoms with Crippen molar-refractivity contribution < 1.29 is 9.47 Å². The van der Waals surface area contributed by atoms with Crippen molar-refractivity contribution in [1.29, 1.82) is 0 Å². The second-order valence-corrected chi connectivity index (χ2v) is 6.76. The number of nitrogens with zero attached hydrogens (tertiary/aromatic N) is 2. The zero-order valence-corrected chi connectivity index (χ0v) is 15.8. The van der Waals surface area contributed by atoms with E-state index in [9.17, 15) is 4.79 Å². The lowest BCUT2D eigenvalue weighted by Crippen LogP contribution is -2.36. The summed E-state index contributed by atoms with van der Waals surface area (Å²) >= 11 is 0. The third kappa shape index (κ3) is 4.16. The maximum absolute atomic E-state index is 12.5. The molecule has 2 heterocycles. The molecule has 1 fully saturated rings. The van der Waals surface area contributed by atoms with Gasteiger partial charge in [-0.05, 0) is 44.5 Å². The number of nitrogens with one attached hydrogen (secondary N) is 2. The number of fused-ring (bicyclic) bond motifs is 1. The van der Waals surface area contributed by atoms with E-state index < -0.39 is 0 Å². The van der Waals surface area contributed by atoms with Gasteiger partial charge in [0.15, 0.2) is 11.5 Å². The summed E-state index contributed by atoms with van der Waals surface area (Å²) in [5, 5.41) is 3.91. The first-order valence-electron chi connectivity index (χ1n) is 9.22. The van der Waals surface area contributed by atoms with Crippen LogP contribution in [0.4, 0.5) is 0 Å². The Morgan fingerprint density at radius 3 is 2.54 bits per heavy atom. The van der Waals surface area contributed by atoms with E-state index >= 15 is 0 Å². The Balaban J connectivity index is 1.83. The first kappa shape index (κ1) is 18.7. The molecule has 0 saturated carbocycles. The molecule has 1 aromatic heterocycles. The molecule has 0 spiro atoms. The van der Waals surface area contributed by atoms with Crippen LogP contribution < -0.4 is 20.3 Å². The summed E-state index contributed by atoms with van der Waals surface area (Å²) in [6, 6.07) is 3.44. The fourth-order valence-electron chi connectivity index (χ4n) is 3.54. The zero-order chi connectivity index (χ0) is 18.5. The van der Waals surface area contributed by atoms with Crippen molar-refractivity contribution in [2.45, 2.75) is 26.3 Å². The topological polar surface area (TPSA) is 79.5 Å². The van der Waals surface area contributed by atoms with Gasteiger partial charge < -0.3 is 19.8 Å². The van der Waals surface area contributed by atoms with Gasteiger partial charge in [0.2, 0.25) is 0 Å². The van der Waals surface area contributed by atoms with E-state index in [0.717, 1.165) is 26.2 Å². The number of piperidine rings is 1. The van der Waals surface area contributed by atoms with Crippen LogP contribution in [-0.4, -0.2) is 55.3 Å². The maximum atomic E-state index is 12.5. The van der Waals surface area contributed by atoms with Gasteiger partial charge >= 0.3 is 0 Å². The zero-order valence-electron chi connectivity index (χ0n) is 15.8. The number of aromatic nitrogens is 2. The Morgan fingerprint density at radius 1 is 1.19 bits per heavy atom. The summed E-state index contributed by atoms with van der Waals surface area (Å²) in [6.07, 6.45) is 2.41. The summed E-state index contributed by atoms with van der Waals surface area (Å²) in [4.78, 5) is 22.4. The number of H-pyrrole nitrogens is 1. The summed E-state index contributed by atoms with van der Waals surface area (Å²) < 4.78 is 10.6. The van der Waals surface area contributed by atoms with E-state index in [-0.39, 0.29) is 5.56 Å². The highest BCUT2D eigenvalue weighted by Crippen LogP contribution is 2.30. The van der Waals surface area contributed by atoms with Crippen molar-refractivity contribution in [3.63, 3.8) is 0 Å². The monoisotopic (exact) mass is 360 g/mol. The fourth-order valence-corrected chi connectivity index (χ4v) is 3.54. The average molecular weight is 360 g/mol. The van der Waals surface area contributed by atoms with Gasteiger partial charge in [0.05, 0.1) is 31.7 Å². The number of benzene rings is 1. The fraction of sp³-hybridized carbons (Fsp3) is 0.579. The summed E-state index contributed by atoms with van der Waals surface area (Å²) in [7, 11) is 3.13. The van der Waals surface area contributed by atoms with Crippen molar-refractivity contribution in [3.8, 4) is 11.5 Å². The predicted octanol–water partition coefficient (Wildman–Crippen LogP) is 1.76. The quantitative estimate of drug-likeness (QED) is 0.783. The second kappa shape index (κ2) is 8.51.